The minimum atomic E-state index is -4.08. The Balaban J connectivity index is 2.41. The number of pyridine rings is 1. The van der Waals surface area contributed by atoms with Crippen molar-refractivity contribution in [1.82, 2.24) is 9.55 Å². The molecule has 0 saturated carbocycles. The molecule has 9 heteroatoms. The molecule has 2 aromatic heterocycles. The summed E-state index contributed by atoms with van der Waals surface area (Å²) in [5, 5.41) is 9.01. The molecular weight excluding hydrogens is 301 g/mol. The van der Waals surface area contributed by atoms with Crippen molar-refractivity contribution >= 4 is 21.7 Å². The van der Waals surface area contributed by atoms with Crippen LogP contribution in [0.1, 0.15) is 17.4 Å². The van der Waals surface area contributed by atoms with Gasteiger partial charge in [-0.25, -0.2) is 17.6 Å². The second-order valence-electron chi connectivity index (χ2n) is 4.11. The van der Waals surface area contributed by atoms with Crippen molar-refractivity contribution in [2.45, 2.75) is 18.4 Å². The molecule has 2 aromatic rings. The number of hydrogen-bond donors (Lipinski definition) is 2. The Labute approximate surface area is 120 Å². The summed E-state index contributed by atoms with van der Waals surface area (Å²) in [6.45, 7) is 1.97. The second kappa shape index (κ2) is 5.52. The van der Waals surface area contributed by atoms with Gasteiger partial charge in [0, 0.05) is 18.9 Å². The lowest BCUT2D eigenvalue weighted by atomic mass is 10.4. The largest absolute Gasteiger partial charge is 0.477 e. The molecule has 0 radical (unpaired) electrons. The summed E-state index contributed by atoms with van der Waals surface area (Å²) in [5.74, 6) is -2.07. The lowest BCUT2D eigenvalue weighted by molar-refractivity contribution is 0.0685. The highest BCUT2D eigenvalue weighted by atomic mass is 32.2. The molecule has 0 aromatic carbocycles. The fourth-order valence-electron chi connectivity index (χ4n) is 1.73. The molecule has 0 atom stereocenters. The Morgan fingerprint density at radius 2 is 2.24 bits per heavy atom. The lowest BCUT2D eigenvalue weighted by Gasteiger charge is -2.06. The van der Waals surface area contributed by atoms with Gasteiger partial charge in [-0.15, -0.1) is 0 Å². The zero-order valence-corrected chi connectivity index (χ0v) is 11.8. The van der Waals surface area contributed by atoms with Crippen LogP contribution in [0.3, 0.4) is 0 Å². The summed E-state index contributed by atoms with van der Waals surface area (Å²) in [5.41, 5.74) is -0.417. The minimum absolute atomic E-state index is 0.159. The van der Waals surface area contributed by atoms with Gasteiger partial charge in [0.05, 0.1) is 11.9 Å². The van der Waals surface area contributed by atoms with Crippen molar-refractivity contribution in [3.05, 3.63) is 42.2 Å². The summed E-state index contributed by atoms with van der Waals surface area (Å²) in [6.07, 6.45) is 3.30. The van der Waals surface area contributed by atoms with Crippen LogP contribution in [-0.4, -0.2) is 29.0 Å². The monoisotopic (exact) mass is 313 g/mol. The van der Waals surface area contributed by atoms with Crippen molar-refractivity contribution in [3.8, 4) is 0 Å². The van der Waals surface area contributed by atoms with Gasteiger partial charge in [0.1, 0.15) is 10.6 Å². The number of carboxylic acids is 1. The highest BCUT2D eigenvalue weighted by Crippen LogP contribution is 2.20. The molecule has 7 nitrogen and oxygen atoms in total. The maximum absolute atomic E-state index is 13.4. The summed E-state index contributed by atoms with van der Waals surface area (Å²) >= 11 is 0. The molecule has 0 amide bonds. The number of nitrogens with one attached hydrogen (secondary N) is 1. The molecule has 0 spiro atoms. The number of aromatic carboxylic acids is 1. The summed E-state index contributed by atoms with van der Waals surface area (Å²) < 4.78 is 41.1. The molecule has 21 heavy (non-hydrogen) atoms. The van der Waals surface area contributed by atoms with Gasteiger partial charge in [-0.3, -0.25) is 9.71 Å². The normalized spacial score (nSPS) is 11.3. The van der Waals surface area contributed by atoms with E-state index in [-0.39, 0.29) is 16.3 Å². The van der Waals surface area contributed by atoms with Gasteiger partial charge in [0.15, 0.2) is 5.82 Å². The fourth-order valence-corrected chi connectivity index (χ4v) is 2.84. The first-order valence-corrected chi connectivity index (χ1v) is 7.39. The number of aryl methyl sites for hydroxylation is 1. The predicted molar refractivity (Wildman–Crippen MR) is 72.1 cm³/mol. The fraction of sp³-hybridized carbons (Fsp3) is 0.167. The Morgan fingerprint density at radius 3 is 2.76 bits per heavy atom. The molecule has 0 aliphatic heterocycles. The predicted octanol–water partition coefficient (Wildman–Crippen LogP) is 1.54. The van der Waals surface area contributed by atoms with E-state index in [0.717, 1.165) is 12.3 Å². The van der Waals surface area contributed by atoms with Crippen LogP contribution in [0.4, 0.5) is 10.1 Å². The summed E-state index contributed by atoms with van der Waals surface area (Å²) in [6, 6.07) is 2.19. The van der Waals surface area contributed by atoms with Crippen LogP contribution in [0.5, 0.6) is 0 Å². The standard InChI is InChI=1S/C12H12FN3O4S/c1-2-16-7-8(5-11(16)12(17)18)21(19,20)15-10-3-4-14-6-9(10)13/h3-7H,2H2,1H3,(H,14,15)(H,17,18). The van der Waals surface area contributed by atoms with Crippen molar-refractivity contribution in [1.29, 1.82) is 0 Å². The van der Waals surface area contributed by atoms with E-state index in [2.05, 4.69) is 9.71 Å². The first-order valence-electron chi connectivity index (χ1n) is 5.91. The number of halogens is 1. The second-order valence-corrected chi connectivity index (χ2v) is 5.80. The van der Waals surface area contributed by atoms with Crippen molar-refractivity contribution in [3.63, 3.8) is 0 Å². The number of aromatic nitrogens is 2. The molecule has 2 heterocycles. The van der Waals surface area contributed by atoms with Crippen LogP contribution >= 0.6 is 0 Å². The molecule has 0 aliphatic carbocycles. The van der Waals surface area contributed by atoms with Gasteiger partial charge >= 0.3 is 5.97 Å². The van der Waals surface area contributed by atoms with Gasteiger partial charge < -0.3 is 9.67 Å². The highest BCUT2D eigenvalue weighted by Gasteiger charge is 2.22. The number of rotatable bonds is 5. The van der Waals surface area contributed by atoms with Crippen molar-refractivity contribution in [2.75, 3.05) is 4.72 Å². The van der Waals surface area contributed by atoms with E-state index < -0.39 is 21.8 Å². The lowest BCUT2D eigenvalue weighted by Crippen LogP contribution is -2.13. The van der Waals surface area contributed by atoms with Crippen LogP contribution in [0.2, 0.25) is 0 Å². The zero-order valence-electron chi connectivity index (χ0n) is 10.9. The number of sulfonamides is 1. The van der Waals surface area contributed by atoms with Crippen LogP contribution in [0.15, 0.2) is 35.6 Å². The number of nitrogens with zero attached hydrogens (tertiary/aromatic N) is 2. The summed E-state index contributed by atoms with van der Waals surface area (Å²) in [7, 11) is -4.08. The maximum Gasteiger partial charge on any atom is 0.352 e. The molecule has 0 fully saturated rings. The van der Waals surface area contributed by atoms with E-state index in [1.165, 1.54) is 23.0 Å². The van der Waals surface area contributed by atoms with E-state index >= 15 is 0 Å². The average Bonchev–Trinajstić information content (AvgIpc) is 2.86. The molecule has 2 N–H and O–H groups in total. The highest BCUT2D eigenvalue weighted by molar-refractivity contribution is 7.92. The van der Waals surface area contributed by atoms with E-state index in [0.29, 0.717) is 6.54 Å². The average molecular weight is 313 g/mol. The maximum atomic E-state index is 13.4. The van der Waals surface area contributed by atoms with Crippen molar-refractivity contribution in [2.24, 2.45) is 0 Å². The van der Waals surface area contributed by atoms with Gasteiger partial charge in [0.25, 0.3) is 10.0 Å². The number of anilines is 1. The minimum Gasteiger partial charge on any atom is -0.477 e. The van der Waals surface area contributed by atoms with E-state index in [1.54, 1.807) is 6.92 Å². The SMILES string of the molecule is CCn1cc(S(=O)(=O)Nc2ccncc2F)cc1C(=O)O. The Bertz CT molecular complexity index is 786. The molecule has 0 aliphatic rings. The van der Waals surface area contributed by atoms with Crippen LogP contribution in [0, 0.1) is 5.82 Å². The Morgan fingerprint density at radius 1 is 1.52 bits per heavy atom. The van der Waals surface area contributed by atoms with Gasteiger partial charge in [-0.1, -0.05) is 0 Å². The van der Waals surface area contributed by atoms with Crippen LogP contribution in [0.25, 0.3) is 0 Å². The molecule has 0 saturated heterocycles. The third-order valence-electron chi connectivity index (χ3n) is 2.76. The first kappa shape index (κ1) is 15.0. The van der Waals surface area contributed by atoms with E-state index in [1.807, 2.05) is 0 Å². The van der Waals surface area contributed by atoms with Crippen LogP contribution in [-0.2, 0) is 16.6 Å². The zero-order chi connectivity index (χ0) is 15.6. The molecular formula is C12H12FN3O4S. The van der Waals surface area contributed by atoms with E-state index in [4.69, 9.17) is 5.11 Å². The Hall–Kier alpha value is -2.42. The number of hydrogen-bond acceptors (Lipinski definition) is 4. The van der Waals surface area contributed by atoms with Crippen LogP contribution < -0.4 is 4.72 Å². The van der Waals surface area contributed by atoms with Crippen molar-refractivity contribution < 1.29 is 22.7 Å². The van der Waals surface area contributed by atoms with Gasteiger partial charge in [-0.05, 0) is 19.1 Å². The first-order chi connectivity index (χ1) is 9.85. The molecule has 2 rings (SSSR count). The third-order valence-corrected chi connectivity index (χ3v) is 4.09. The molecule has 0 bridgehead atoms. The quantitative estimate of drug-likeness (QED) is 0.872. The third kappa shape index (κ3) is 3.02. The molecule has 0 unspecified atom stereocenters. The Kier molecular flexibility index (Phi) is 3.94. The smallest absolute Gasteiger partial charge is 0.352 e. The molecule has 112 valence electrons. The topological polar surface area (TPSA) is 101 Å². The summed E-state index contributed by atoms with van der Waals surface area (Å²) in [4.78, 5) is 14.3. The number of carboxylic acid groups (broad SMARTS) is 1. The van der Waals surface area contributed by atoms with Gasteiger partial charge in [-0.2, -0.15) is 0 Å². The van der Waals surface area contributed by atoms with Gasteiger partial charge in [0.2, 0.25) is 0 Å². The number of carbonyl (C=O) groups is 1. The van der Waals surface area contributed by atoms with E-state index in [9.17, 15) is 17.6 Å².